The van der Waals surface area contributed by atoms with Gasteiger partial charge in [0.25, 0.3) is 5.91 Å². The number of anilines is 1. The normalized spacial score (nSPS) is 16.8. The molecule has 2 rings (SSSR count). The second-order valence-corrected chi connectivity index (χ2v) is 6.53. The van der Waals surface area contributed by atoms with E-state index in [-0.39, 0.29) is 17.8 Å². The van der Waals surface area contributed by atoms with E-state index in [1.165, 1.54) is 0 Å². The highest BCUT2D eigenvalue weighted by Gasteiger charge is 2.29. The van der Waals surface area contributed by atoms with E-state index in [9.17, 15) is 9.59 Å². The van der Waals surface area contributed by atoms with E-state index in [1.807, 2.05) is 13.8 Å². The Morgan fingerprint density at radius 2 is 1.88 bits per heavy atom. The van der Waals surface area contributed by atoms with Crippen molar-refractivity contribution < 1.29 is 14.3 Å². The van der Waals surface area contributed by atoms with Crippen molar-refractivity contribution in [3.8, 4) is 0 Å². The summed E-state index contributed by atoms with van der Waals surface area (Å²) >= 11 is 0. The Hall–Kier alpha value is -2.18. The van der Waals surface area contributed by atoms with Gasteiger partial charge in [-0.2, -0.15) is 0 Å². The number of piperidine rings is 1. The standard InChI is InChI=1S/C17H26N4O3/c1-12(2)11-20-15(22)13(3)24-16(23)14-5-9-21(10-6-14)17-18-7-4-8-19-17/h4,7-8,12-14H,5-6,9-11H2,1-3H3,(H,20,22). The Labute approximate surface area is 142 Å². The third kappa shape index (κ3) is 5.18. The molecule has 0 saturated carbocycles. The van der Waals surface area contributed by atoms with Crippen molar-refractivity contribution >= 4 is 17.8 Å². The van der Waals surface area contributed by atoms with Crippen molar-refractivity contribution in [2.45, 2.75) is 39.7 Å². The van der Waals surface area contributed by atoms with E-state index in [0.29, 0.717) is 44.3 Å². The summed E-state index contributed by atoms with van der Waals surface area (Å²) in [6.45, 7) is 7.63. The molecule has 7 nitrogen and oxygen atoms in total. The van der Waals surface area contributed by atoms with Crippen LogP contribution in [-0.4, -0.2) is 47.6 Å². The van der Waals surface area contributed by atoms with Crippen LogP contribution in [0, 0.1) is 11.8 Å². The number of nitrogens with zero attached hydrogens (tertiary/aromatic N) is 3. The van der Waals surface area contributed by atoms with E-state index >= 15 is 0 Å². The average Bonchev–Trinajstić information content (AvgIpc) is 2.60. The highest BCUT2D eigenvalue weighted by Crippen LogP contribution is 2.21. The fraction of sp³-hybridized carbons (Fsp3) is 0.647. The molecule has 0 radical (unpaired) electrons. The molecule has 0 bridgehead atoms. The van der Waals surface area contributed by atoms with Crippen LogP contribution in [0.2, 0.25) is 0 Å². The zero-order valence-corrected chi connectivity index (χ0v) is 14.6. The number of carbonyl (C=O) groups excluding carboxylic acids is 2. The van der Waals surface area contributed by atoms with E-state index in [4.69, 9.17) is 4.74 Å². The molecule has 0 aromatic carbocycles. The van der Waals surface area contributed by atoms with Crippen LogP contribution in [0.3, 0.4) is 0 Å². The summed E-state index contributed by atoms with van der Waals surface area (Å²) in [6.07, 6.45) is 4.02. The van der Waals surface area contributed by atoms with Crippen molar-refractivity contribution in [3.63, 3.8) is 0 Å². The molecule has 1 aromatic rings. The molecule has 1 unspecified atom stereocenters. The van der Waals surface area contributed by atoms with Crippen LogP contribution in [0.25, 0.3) is 0 Å². The van der Waals surface area contributed by atoms with Gasteiger partial charge in [0.2, 0.25) is 5.95 Å². The maximum absolute atomic E-state index is 12.2. The number of amides is 1. The predicted molar refractivity (Wildman–Crippen MR) is 90.4 cm³/mol. The number of ether oxygens (including phenoxy) is 1. The maximum Gasteiger partial charge on any atom is 0.309 e. The molecule has 1 saturated heterocycles. The van der Waals surface area contributed by atoms with Crippen LogP contribution in [0.5, 0.6) is 0 Å². The molecule has 2 heterocycles. The summed E-state index contributed by atoms with van der Waals surface area (Å²) in [4.78, 5) is 34.6. The first-order valence-corrected chi connectivity index (χ1v) is 8.47. The summed E-state index contributed by atoms with van der Waals surface area (Å²) in [6, 6.07) is 1.78. The van der Waals surface area contributed by atoms with Crippen molar-refractivity contribution in [3.05, 3.63) is 18.5 Å². The summed E-state index contributed by atoms with van der Waals surface area (Å²) in [7, 11) is 0. The van der Waals surface area contributed by atoms with Gasteiger partial charge < -0.3 is 15.0 Å². The molecule has 1 aromatic heterocycles. The molecule has 1 atom stereocenters. The fourth-order valence-electron chi connectivity index (χ4n) is 2.54. The highest BCUT2D eigenvalue weighted by molar-refractivity contribution is 5.84. The minimum Gasteiger partial charge on any atom is -0.452 e. The van der Waals surface area contributed by atoms with Crippen LogP contribution in [0.4, 0.5) is 5.95 Å². The zero-order valence-electron chi connectivity index (χ0n) is 14.6. The lowest BCUT2D eigenvalue weighted by molar-refractivity contribution is -0.159. The number of aromatic nitrogens is 2. The van der Waals surface area contributed by atoms with Crippen LogP contribution < -0.4 is 10.2 Å². The van der Waals surface area contributed by atoms with Crippen molar-refractivity contribution in [2.24, 2.45) is 11.8 Å². The number of rotatable bonds is 6. The number of nitrogens with one attached hydrogen (secondary N) is 1. The lowest BCUT2D eigenvalue weighted by Crippen LogP contribution is -2.41. The lowest BCUT2D eigenvalue weighted by Gasteiger charge is -2.31. The molecule has 1 aliphatic rings. The van der Waals surface area contributed by atoms with Crippen molar-refractivity contribution in [1.29, 1.82) is 0 Å². The highest BCUT2D eigenvalue weighted by atomic mass is 16.5. The van der Waals surface area contributed by atoms with Gasteiger partial charge in [-0.3, -0.25) is 9.59 Å². The second-order valence-electron chi connectivity index (χ2n) is 6.53. The summed E-state index contributed by atoms with van der Waals surface area (Å²) in [5, 5.41) is 2.78. The van der Waals surface area contributed by atoms with Crippen LogP contribution >= 0.6 is 0 Å². The molecule has 1 amide bonds. The number of carbonyl (C=O) groups is 2. The Morgan fingerprint density at radius 3 is 2.46 bits per heavy atom. The SMILES string of the molecule is CC(C)CNC(=O)C(C)OC(=O)C1CCN(c2ncccn2)CC1. The zero-order chi connectivity index (χ0) is 17.5. The van der Waals surface area contributed by atoms with Gasteiger partial charge in [0.15, 0.2) is 6.10 Å². The Morgan fingerprint density at radius 1 is 1.25 bits per heavy atom. The largest absolute Gasteiger partial charge is 0.452 e. The van der Waals surface area contributed by atoms with E-state index in [1.54, 1.807) is 25.4 Å². The summed E-state index contributed by atoms with van der Waals surface area (Å²) in [5.41, 5.74) is 0. The predicted octanol–water partition coefficient (Wildman–Crippen LogP) is 1.40. The van der Waals surface area contributed by atoms with Crippen molar-refractivity contribution in [1.82, 2.24) is 15.3 Å². The molecule has 0 aliphatic carbocycles. The molecular weight excluding hydrogens is 308 g/mol. The fourth-order valence-corrected chi connectivity index (χ4v) is 2.54. The Balaban J connectivity index is 1.77. The molecule has 0 spiro atoms. The smallest absolute Gasteiger partial charge is 0.309 e. The molecular formula is C17H26N4O3. The number of hydrogen-bond donors (Lipinski definition) is 1. The van der Waals surface area contributed by atoms with E-state index < -0.39 is 6.10 Å². The molecule has 1 N–H and O–H groups in total. The Kier molecular flexibility index (Phi) is 6.52. The lowest BCUT2D eigenvalue weighted by atomic mass is 9.97. The van der Waals surface area contributed by atoms with Gasteiger partial charge in [0, 0.05) is 32.0 Å². The van der Waals surface area contributed by atoms with Gasteiger partial charge in [-0.1, -0.05) is 13.8 Å². The molecule has 1 fully saturated rings. The minimum absolute atomic E-state index is 0.176. The third-order valence-electron chi connectivity index (χ3n) is 4.01. The number of hydrogen-bond acceptors (Lipinski definition) is 6. The minimum atomic E-state index is -0.758. The molecule has 24 heavy (non-hydrogen) atoms. The van der Waals surface area contributed by atoms with Crippen LogP contribution in [-0.2, 0) is 14.3 Å². The van der Waals surface area contributed by atoms with Gasteiger partial charge in [0.1, 0.15) is 0 Å². The molecule has 7 heteroatoms. The van der Waals surface area contributed by atoms with Gasteiger partial charge in [0.05, 0.1) is 5.92 Å². The maximum atomic E-state index is 12.2. The van der Waals surface area contributed by atoms with Gasteiger partial charge in [-0.25, -0.2) is 9.97 Å². The average molecular weight is 334 g/mol. The quantitative estimate of drug-likeness (QED) is 0.792. The summed E-state index contributed by atoms with van der Waals surface area (Å²) < 4.78 is 5.32. The van der Waals surface area contributed by atoms with Crippen molar-refractivity contribution in [2.75, 3.05) is 24.5 Å². The summed E-state index contributed by atoms with van der Waals surface area (Å²) in [5.74, 6) is 0.334. The van der Waals surface area contributed by atoms with Gasteiger partial charge in [-0.05, 0) is 31.7 Å². The van der Waals surface area contributed by atoms with E-state index in [0.717, 1.165) is 0 Å². The van der Waals surface area contributed by atoms with Gasteiger partial charge in [-0.15, -0.1) is 0 Å². The topological polar surface area (TPSA) is 84.4 Å². The Bertz CT molecular complexity index is 542. The van der Waals surface area contributed by atoms with Gasteiger partial charge >= 0.3 is 5.97 Å². The van der Waals surface area contributed by atoms with E-state index in [2.05, 4.69) is 20.2 Å². The number of esters is 1. The first kappa shape index (κ1) is 18.2. The first-order chi connectivity index (χ1) is 11.5. The molecule has 1 aliphatic heterocycles. The molecule has 132 valence electrons. The monoisotopic (exact) mass is 334 g/mol. The van der Waals surface area contributed by atoms with Crippen LogP contribution in [0.1, 0.15) is 33.6 Å². The van der Waals surface area contributed by atoms with Crippen LogP contribution in [0.15, 0.2) is 18.5 Å². The third-order valence-corrected chi connectivity index (χ3v) is 4.01. The first-order valence-electron chi connectivity index (χ1n) is 8.47. The second kappa shape index (κ2) is 8.61.